The fourth-order valence-electron chi connectivity index (χ4n) is 2.62. The molecule has 0 atom stereocenters. The summed E-state index contributed by atoms with van der Waals surface area (Å²) in [6.07, 6.45) is 0. The van der Waals surface area contributed by atoms with Gasteiger partial charge in [-0.2, -0.15) is 0 Å². The molecule has 3 rings (SSSR count). The minimum absolute atomic E-state index is 0.0192. The van der Waals surface area contributed by atoms with E-state index in [4.69, 9.17) is 12.2 Å². The number of aryl methyl sites for hydroxylation is 3. The van der Waals surface area contributed by atoms with Crippen LogP contribution in [-0.2, 0) is 0 Å². The van der Waals surface area contributed by atoms with Gasteiger partial charge in [0.2, 0.25) is 11.0 Å². The number of hydrogen-bond donors (Lipinski definition) is 3. The van der Waals surface area contributed by atoms with Crippen LogP contribution in [-0.4, -0.2) is 15.2 Å². The molecule has 1 aromatic heterocycles. The Kier molecular flexibility index (Phi) is 4.31. The number of rotatable bonds is 2. The summed E-state index contributed by atoms with van der Waals surface area (Å²) in [7, 11) is 0. The summed E-state index contributed by atoms with van der Waals surface area (Å²) in [5, 5.41) is 22.4. The van der Waals surface area contributed by atoms with Crippen molar-refractivity contribution in [1.29, 1.82) is 0 Å². The third kappa shape index (κ3) is 3.14. The van der Waals surface area contributed by atoms with Crippen LogP contribution in [0.4, 0.5) is 11.4 Å². The van der Waals surface area contributed by atoms with Crippen molar-refractivity contribution in [3.05, 3.63) is 53.1 Å². The Bertz CT molecular complexity index is 939. The zero-order chi connectivity index (χ0) is 17.3. The first-order chi connectivity index (χ1) is 11.5. The Morgan fingerprint density at radius 2 is 1.83 bits per heavy atom. The van der Waals surface area contributed by atoms with Crippen molar-refractivity contribution >= 4 is 39.6 Å². The number of para-hydroxylation sites is 1. The summed E-state index contributed by atoms with van der Waals surface area (Å²) in [5.41, 5.74) is 5.37. The molecular formula is C18H18N4OS. The predicted octanol–water partition coefficient (Wildman–Crippen LogP) is 5.28. The zero-order valence-electron chi connectivity index (χ0n) is 13.7. The number of H-pyrrole nitrogens is 1. The summed E-state index contributed by atoms with van der Waals surface area (Å²) in [6, 6.07) is 11.8. The number of benzene rings is 2. The normalized spacial score (nSPS) is 11.3. The van der Waals surface area contributed by atoms with E-state index in [0.29, 0.717) is 5.69 Å². The highest BCUT2D eigenvalue weighted by molar-refractivity contribution is 7.80. The van der Waals surface area contributed by atoms with Crippen molar-refractivity contribution in [2.45, 2.75) is 20.8 Å². The van der Waals surface area contributed by atoms with Crippen LogP contribution >= 0.6 is 12.2 Å². The maximum Gasteiger partial charge on any atom is 0.218 e. The fourth-order valence-corrected chi connectivity index (χ4v) is 2.76. The standard InChI is InChI=1S/C18H18N4OS/c1-10-7-8-14-13(9-10)16(17(23)19-14)21-22-18(24)20-15-11(2)5-4-6-12(15)3/h4-9,19,23H,1-3H3,(H,20,24). The van der Waals surface area contributed by atoms with Crippen LogP contribution in [0.5, 0.6) is 5.88 Å². The molecule has 0 saturated carbocycles. The molecule has 0 aliphatic rings. The molecule has 0 saturated heterocycles. The average molecular weight is 338 g/mol. The van der Waals surface area contributed by atoms with Gasteiger partial charge >= 0.3 is 0 Å². The molecule has 0 spiro atoms. The number of aromatic nitrogens is 1. The first-order valence-electron chi connectivity index (χ1n) is 7.56. The highest BCUT2D eigenvalue weighted by Crippen LogP contribution is 2.36. The molecule has 2 aromatic carbocycles. The molecule has 0 aliphatic carbocycles. The van der Waals surface area contributed by atoms with E-state index in [2.05, 4.69) is 20.5 Å². The molecule has 3 N–H and O–H groups in total. The van der Waals surface area contributed by atoms with Gasteiger partial charge in [0.1, 0.15) is 0 Å². The predicted molar refractivity (Wildman–Crippen MR) is 101 cm³/mol. The van der Waals surface area contributed by atoms with E-state index in [-0.39, 0.29) is 11.0 Å². The van der Waals surface area contributed by atoms with E-state index in [9.17, 15) is 5.11 Å². The Hall–Kier alpha value is -2.73. The maximum absolute atomic E-state index is 10.0. The van der Waals surface area contributed by atoms with Crippen molar-refractivity contribution in [1.82, 2.24) is 4.98 Å². The van der Waals surface area contributed by atoms with Crippen molar-refractivity contribution in [2.24, 2.45) is 10.2 Å². The van der Waals surface area contributed by atoms with Gasteiger partial charge in [-0.15, -0.1) is 10.2 Å². The van der Waals surface area contributed by atoms with Gasteiger partial charge in [-0.1, -0.05) is 29.8 Å². The van der Waals surface area contributed by atoms with Crippen molar-refractivity contribution in [3.63, 3.8) is 0 Å². The summed E-state index contributed by atoms with van der Waals surface area (Å²) in [6.45, 7) is 5.99. The minimum Gasteiger partial charge on any atom is -0.493 e. The van der Waals surface area contributed by atoms with Crippen LogP contribution in [0.3, 0.4) is 0 Å². The fraction of sp³-hybridized carbons (Fsp3) is 0.167. The van der Waals surface area contributed by atoms with Gasteiger partial charge in [0, 0.05) is 11.1 Å². The number of azo groups is 1. The van der Waals surface area contributed by atoms with E-state index in [1.807, 2.05) is 57.2 Å². The first kappa shape index (κ1) is 16.1. The van der Waals surface area contributed by atoms with E-state index < -0.39 is 0 Å². The molecule has 0 unspecified atom stereocenters. The first-order valence-corrected chi connectivity index (χ1v) is 7.97. The van der Waals surface area contributed by atoms with Crippen LogP contribution in [0.15, 0.2) is 46.6 Å². The van der Waals surface area contributed by atoms with Gasteiger partial charge in [-0.25, -0.2) is 0 Å². The van der Waals surface area contributed by atoms with Crippen molar-refractivity contribution < 1.29 is 5.11 Å². The highest BCUT2D eigenvalue weighted by atomic mass is 32.1. The van der Waals surface area contributed by atoms with Gasteiger partial charge in [0.15, 0.2) is 5.69 Å². The molecule has 3 aromatic rings. The van der Waals surface area contributed by atoms with Gasteiger partial charge in [0.25, 0.3) is 0 Å². The van der Waals surface area contributed by atoms with Crippen molar-refractivity contribution in [2.75, 3.05) is 5.32 Å². The molecule has 122 valence electrons. The van der Waals surface area contributed by atoms with E-state index >= 15 is 0 Å². The molecule has 0 fully saturated rings. The smallest absolute Gasteiger partial charge is 0.218 e. The zero-order valence-corrected chi connectivity index (χ0v) is 14.5. The molecule has 1 heterocycles. The molecule has 0 aliphatic heterocycles. The molecule has 24 heavy (non-hydrogen) atoms. The number of hydrogen-bond acceptors (Lipinski definition) is 3. The minimum atomic E-state index is -0.0192. The van der Waals surface area contributed by atoms with Gasteiger partial charge in [0.05, 0.1) is 5.52 Å². The van der Waals surface area contributed by atoms with Crippen molar-refractivity contribution in [3.8, 4) is 5.88 Å². The SMILES string of the molecule is Cc1ccc2[nH]c(O)c(N=NC(=S)Nc3c(C)cccc3C)c2c1. The third-order valence-electron chi connectivity index (χ3n) is 3.86. The maximum atomic E-state index is 10.0. The Morgan fingerprint density at radius 3 is 2.54 bits per heavy atom. The molecule has 0 bridgehead atoms. The van der Waals surface area contributed by atoms with Crippen LogP contribution < -0.4 is 5.32 Å². The molecule has 0 amide bonds. The number of aromatic hydroxyl groups is 1. The second-order valence-electron chi connectivity index (χ2n) is 5.77. The van der Waals surface area contributed by atoms with Crippen LogP contribution in [0.25, 0.3) is 10.9 Å². The average Bonchev–Trinajstić information content (AvgIpc) is 2.84. The summed E-state index contributed by atoms with van der Waals surface area (Å²) in [5.74, 6) is -0.0192. The number of aromatic amines is 1. The van der Waals surface area contributed by atoms with Gasteiger partial charge in [-0.3, -0.25) is 0 Å². The third-order valence-corrected chi connectivity index (χ3v) is 4.05. The summed E-state index contributed by atoms with van der Waals surface area (Å²) < 4.78 is 0. The largest absolute Gasteiger partial charge is 0.493 e. The van der Waals surface area contributed by atoms with Crippen LogP contribution in [0.1, 0.15) is 16.7 Å². The van der Waals surface area contributed by atoms with Crippen LogP contribution in [0, 0.1) is 20.8 Å². The second kappa shape index (κ2) is 6.41. The number of thiocarbonyl (C=S) groups is 1. The lowest BCUT2D eigenvalue weighted by Gasteiger charge is -2.10. The molecular weight excluding hydrogens is 320 g/mol. The monoisotopic (exact) mass is 338 g/mol. The lowest BCUT2D eigenvalue weighted by atomic mass is 10.1. The lowest BCUT2D eigenvalue weighted by Crippen LogP contribution is -2.07. The van der Waals surface area contributed by atoms with Gasteiger partial charge < -0.3 is 15.4 Å². The molecule has 5 nitrogen and oxygen atoms in total. The second-order valence-corrected chi connectivity index (χ2v) is 6.15. The summed E-state index contributed by atoms with van der Waals surface area (Å²) in [4.78, 5) is 2.88. The van der Waals surface area contributed by atoms with Gasteiger partial charge in [-0.05, 0) is 56.2 Å². The number of anilines is 1. The molecule has 6 heteroatoms. The Morgan fingerprint density at radius 1 is 1.12 bits per heavy atom. The van der Waals surface area contributed by atoms with E-state index in [0.717, 1.165) is 33.3 Å². The topological polar surface area (TPSA) is 72.8 Å². The lowest BCUT2D eigenvalue weighted by molar-refractivity contribution is 0.459. The highest BCUT2D eigenvalue weighted by Gasteiger charge is 2.11. The Labute approximate surface area is 145 Å². The quantitative estimate of drug-likeness (QED) is 0.440. The Balaban J connectivity index is 1.87. The molecule has 0 radical (unpaired) electrons. The van der Waals surface area contributed by atoms with E-state index in [1.165, 1.54) is 0 Å². The van der Waals surface area contributed by atoms with E-state index in [1.54, 1.807) is 0 Å². The number of fused-ring (bicyclic) bond motifs is 1. The number of nitrogens with zero attached hydrogens (tertiary/aromatic N) is 2. The number of nitrogens with one attached hydrogen (secondary N) is 2. The van der Waals surface area contributed by atoms with Crippen LogP contribution in [0.2, 0.25) is 0 Å². The summed E-state index contributed by atoms with van der Waals surface area (Å²) >= 11 is 5.26.